The van der Waals surface area contributed by atoms with Crippen molar-refractivity contribution in [1.82, 2.24) is 15.1 Å². The van der Waals surface area contributed by atoms with Gasteiger partial charge < -0.3 is 10.1 Å². The summed E-state index contributed by atoms with van der Waals surface area (Å²) in [7, 11) is 0. The summed E-state index contributed by atoms with van der Waals surface area (Å²) in [5.41, 5.74) is 2.19. The Morgan fingerprint density at radius 1 is 1.35 bits per heavy atom. The highest BCUT2D eigenvalue weighted by Crippen LogP contribution is 2.16. The minimum Gasteiger partial charge on any atom is -0.435 e. The highest BCUT2D eigenvalue weighted by molar-refractivity contribution is 5.94. The maximum atomic E-state index is 12.2. The van der Waals surface area contributed by atoms with Crippen LogP contribution in [0.15, 0.2) is 30.3 Å². The van der Waals surface area contributed by atoms with Crippen molar-refractivity contribution in [2.24, 2.45) is 0 Å². The van der Waals surface area contributed by atoms with E-state index >= 15 is 0 Å². The van der Waals surface area contributed by atoms with Gasteiger partial charge in [-0.05, 0) is 45.0 Å². The molecule has 1 atom stereocenters. The van der Waals surface area contributed by atoms with E-state index in [4.69, 9.17) is 0 Å². The van der Waals surface area contributed by atoms with Crippen LogP contribution in [0.4, 0.5) is 8.78 Å². The van der Waals surface area contributed by atoms with E-state index in [2.05, 4.69) is 15.2 Å². The van der Waals surface area contributed by atoms with Crippen molar-refractivity contribution in [1.29, 1.82) is 0 Å². The van der Waals surface area contributed by atoms with Crippen LogP contribution in [-0.4, -0.2) is 28.3 Å². The number of alkyl halides is 2. The minimum atomic E-state index is -2.92. The van der Waals surface area contributed by atoms with Crippen LogP contribution in [0.3, 0.4) is 0 Å². The molecule has 0 unspecified atom stereocenters. The minimum absolute atomic E-state index is 0.0427. The van der Waals surface area contributed by atoms with Crippen LogP contribution in [0.5, 0.6) is 5.75 Å². The van der Waals surface area contributed by atoms with Gasteiger partial charge in [-0.25, -0.2) is 0 Å². The number of rotatable bonds is 6. The van der Waals surface area contributed by atoms with Crippen molar-refractivity contribution in [3.8, 4) is 5.75 Å². The molecule has 0 fully saturated rings. The van der Waals surface area contributed by atoms with Crippen molar-refractivity contribution < 1.29 is 18.3 Å². The Labute approximate surface area is 133 Å². The number of aryl methyl sites for hydroxylation is 2. The number of aromatic nitrogens is 2. The highest BCUT2D eigenvalue weighted by Gasteiger charge is 2.13. The number of halogens is 2. The lowest BCUT2D eigenvalue weighted by Crippen LogP contribution is -2.36. The average molecular weight is 323 g/mol. The van der Waals surface area contributed by atoms with Gasteiger partial charge in [-0.2, -0.15) is 13.9 Å². The molecule has 124 valence electrons. The Kier molecular flexibility index (Phi) is 5.31. The van der Waals surface area contributed by atoms with Crippen LogP contribution in [-0.2, 0) is 6.54 Å². The number of nitrogens with zero attached hydrogens (tertiary/aromatic N) is 2. The van der Waals surface area contributed by atoms with Crippen molar-refractivity contribution >= 4 is 5.91 Å². The monoisotopic (exact) mass is 323 g/mol. The average Bonchev–Trinajstić information content (AvgIpc) is 2.76. The van der Waals surface area contributed by atoms with Crippen LogP contribution in [0, 0.1) is 13.8 Å². The van der Waals surface area contributed by atoms with Gasteiger partial charge in [-0.3, -0.25) is 9.48 Å². The summed E-state index contributed by atoms with van der Waals surface area (Å²) < 4.78 is 30.5. The normalized spacial score (nSPS) is 12.3. The predicted octanol–water partition coefficient (Wildman–Crippen LogP) is 2.92. The van der Waals surface area contributed by atoms with Crippen LogP contribution < -0.4 is 10.1 Å². The first-order valence-electron chi connectivity index (χ1n) is 7.22. The van der Waals surface area contributed by atoms with Gasteiger partial charge in [0.1, 0.15) is 5.75 Å². The Morgan fingerprint density at radius 2 is 2.09 bits per heavy atom. The number of amides is 1. The molecule has 0 spiro atoms. The molecule has 0 saturated carbocycles. The van der Waals surface area contributed by atoms with Crippen LogP contribution in [0.2, 0.25) is 0 Å². The lowest BCUT2D eigenvalue weighted by atomic mass is 10.2. The van der Waals surface area contributed by atoms with Crippen molar-refractivity contribution in [2.45, 2.75) is 40.0 Å². The van der Waals surface area contributed by atoms with Gasteiger partial charge in [0.25, 0.3) is 5.91 Å². The molecule has 0 aliphatic heterocycles. The second-order valence-electron chi connectivity index (χ2n) is 5.39. The zero-order chi connectivity index (χ0) is 17.0. The summed E-state index contributed by atoms with van der Waals surface area (Å²) in [6.45, 7) is 3.31. The summed E-state index contributed by atoms with van der Waals surface area (Å²) in [5, 5.41) is 7.16. The second-order valence-corrected chi connectivity index (χ2v) is 5.39. The third kappa shape index (κ3) is 4.77. The predicted molar refractivity (Wildman–Crippen MR) is 81.7 cm³/mol. The van der Waals surface area contributed by atoms with E-state index in [1.165, 1.54) is 18.2 Å². The van der Waals surface area contributed by atoms with Crippen molar-refractivity contribution in [2.75, 3.05) is 0 Å². The quantitative estimate of drug-likeness (QED) is 0.889. The fraction of sp³-hybridized carbons (Fsp3) is 0.375. The number of benzene rings is 1. The second kappa shape index (κ2) is 7.21. The van der Waals surface area contributed by atoms with Gasteiger partial charge in [0.15, 0.2) is 0 Å². The fourth-order valence-corrected chi connectivity index (χ4v) is 2.29. The van der Waals surface area contributed by atoms with E-state index in [9.17, 15) is 13.6 Å². The van der Waals surface area contributed by atoms with Gasteiger partial charge in [0.2, 0.25) is 0 Å². The molecule has 1 aromatic carbocycles. The molecule has 23 heavy (non-hydrogen) atoms. The van der Waals surface area contributed by atoms with Gasteiger partial charge >= 0.3 is 6.61 Å². The van der Waals surface area contributed by atoms with E-state index in [0.29, 0.717) is 6.54 Å². The summed E-state index contributed by atoms with van der Waals surface area (Å²) in [4.78, 5) is 12.2. The number of ether oxygens (including phenoxy) is 1. The molecule has 2 aromatic rings. The molecule has 1 N–H and O–H groups in total. The molecule has 0 aliphatic rings. The summed E-state index contributed by atoms with van der Waals surface area (Å²) in [6, 6.07) is 7.50. The maximum absolute atomic E-state index is 12.2. The number of carbonyl (C=O) groups excluding carboxylic acids is 1. The molecule has 5 nitrogen and oxygen atoms in total. The molecule has 1 heterocycles. The lowest BCUT2D eigenvalue weighted by molar-refractivity contribution is -0.0498. The number of carbonyl (C=O) groups is 1. The standard InChI is InChI=1S/C16H19F2N3O2/c1-10-7-12(3)21(20-10)9-11(2)19-15(22)13-5-4-6-14(8-13)23-16(17)18/h4-8,11,16H,9H2,1-3H3,(H,19,22)/t11-/m0/s1. The van der Waals surface area contributed by atoms with E-state index in [0.717, 1.165) is 11.4 Å². The summed E-state index contributed by atoms with van der Waals surface area (Å²) in [5.74, 6) is -0.391. The van der Waals surface area contributed by atoms with E-state index < -0.39 is 6.61 Å². The van der Waals surface area contributed by atoms with E-state index in [1.807, 2.05) is 31.5 Å². The summed E-state index contributed by atoms with van der Waals surface area (Å²) in [6.07, 6.45) is 0. The lowest BCUT2D eigenvalue weighted by Gasteiger charge is -2.15. The topological polar surface area (TPSA) is 56.2 Å². The fourth-order valence-electron chi connectivity index (χ4n) is 2.29. The molecule has 0 aliphatic carbocycles. The van der Waals surface area contributed by atoms with Gasteiger partial charge in [0, 0.05) is 17.3 Å². The van der Waals surface area contributed by atoms with Crippen LogP contribution >= 0.6 is 0 Å². The first-order valence-corrected chi connectivity index (χ1v) is 7.22. The van der Waals surface area contributed by atoms with Crippen molar-refractivity contribution in [3.63, 3.8) is 0 Å². The number of hydrogen-bond acceptors (Lipinski definition) is 3. The Balaban J connectivity index is 1.99. The first-order chi connectivity index (χ1) is 10.8. The zero-order valence-corrected chi connectivity index (χ0v) is 13.2. The number of hydrogen-bond donors (Lipinski definition) is 1. The third-order valence-corrected chi connectivity index (χ3v) is 3.25. The molecule has 0 radical (unpaired) electrons. The Morgan fingerprint density at radius 3 is 2.70 bits per heavy atom. The van der Waals surface area contributed by atoms with E-state index in [1.54, 1.807) is 6.07 Å². The molecule has 1 amide bonds. The molecule has 7 heteroatoms. The smallest absolute Gasteiger partial charge is 0.387 e. The first kappa shape index (κ1) is 16.9. The van der Waals surface area contributed by atoms with Gasteiger partial charge in [-0.1, -0.05) is 6.07 Å². The van der Waals surface area contributed by atoms with Gasteiger partial charge in [0.05, 0.1) is 12.2 Å². The van der Waals surface area contributed by atoms with Gasteiger partial charge in [-0.15, -0.1) is 0 Å². The molecule has 2 rings (SSSR count). The molecule has 0 saturated heterocycles. The molecular weight excluding hydrogens is 304 g/mol. The SMILES string of the molecule is Cc1cc(C)n(C[C@H](C)NC(=O)c2cccc(OC(F)F)c2)n1. The summed E-state index contributed by atoms with van der Waals surface area (Å²) >= 11 is 0. The molecule has 1 aromatic heterocycles. The van der Waals surface area contributed by atoms with Crippen LogP contribution in [0.1, 0.15) is 28.7 Å². The Bertz CT molecular complexity index is 686. The van der Waals surface area contributed by atoms with Crippen LogP contribution in [0.25, 0.3) is 0 Å². The highest BCUT2D eigenvalue weighted by atomic mass is 19.3. The Hall–Kier alpha value is -2.44. The van der Waals surface area contributed by atoms with Crippen molar-refractivity contribution in [3.05, 3.63) is 47.3 Å². The number of nitrogens with one attached hydrogen (secondary N) is 1. The largest absolute Gasteiger partial charge is 0.435 e. The third-order valence-electron chi connectivity index (χ3n) is 3.25. The molecule has 0 bridgehead atoms. The zero-order valence-electron chi connectivity index (χ0n) is 13.2. The maximum Gasteiger partial charge on any atom is 0.387 e. The van der Waals surface area contributed by atoms with E-state index in [-0.39, 0.29) is 23.3 Å². The molecular formula is C16H19F2N3O2.